The highest BCUT2D eigenvalue weighted by molar-refractivity contribution is 8.00. The molecule has 0 spiro atoms. The number of hydrogen-bond donors (Lipinski definition) is 2. The summed E-state index contributed by atoms with van der Waals surface area (Å²) in [5, 5.41) is 15.4. The normalized spacial score (nSPS) is 11.8. The first kappa shape index (κ1) is 19.1. The lowest BCUT2D eigenvalue weighted by Gasteiger charge is -2.13. The fourth-order valence-corrected chi connectivity index (χ4v) is 3.97. The number of amides is 3. The smallest absolute Gasteiger partial charge is 0.321 e. The topological polar surface area (TPSA) is 88.9 Å². The van der Waals surface area contributed by atoms with E-state index in [1.165, 1.54) is 23.7 Å². The molecule has 3 amide bonds. The lowest BCUT2D eigenvalue weighted by molar-refractivity contribution is -0.119. The highest BCUT2D eigenvalue weighted by Gasteiger charge is 2.22. The van der Waals surface area contributed by atoms with Crippen LogP contribution in [0.1, 0.15) is 17.6 Å². The summed E-state index contributed by atoms with van der Waals surface area (Å²) < 4.78 is 1.95. The lowest BCUT2D eigenvalue weighted by Crippen LogP contribution is -2.41. The number of nitrogens with zero attached hydrogens (tertiary/aromatic N) is 3. The molecule has 1 unspecified atom stereocenters. The fraction of sp³-hybridized carbons (Fsp3) is 0.222. The number of carbonyl (C=O) groups excluding carboxylic acids is 2. The quantitative estimate of drug-likeness (QED) is 0.620. The van der Waals surface area contributed by atoms with Gasteiger partial charge >= 0.3 is 6.03 Å². The van der Waals surface area contributed by atoms with Crippen molar-refractivity contribution in [2.75, 3.05) is 7.05 Å². The van der Waals surface area contributed by atoms with E-state index in [9.17, 15) is 9.59 Å². The van der Waals surface area contributed by atoms with Crippen LogP contribution >= 0.6 is 23.1 Å². The van der Waals surface area contributed by atoms with Gasteiger partial charge < -0.3 is 5.32 Å². The van der Waals surface area contributed by atoms with E-state index in [1.807, 2.05) is 46.3 Å². The van der Waals surface area contributed by atoms with Crippen molar-refractivity contribution in [3.05, 3.63) is 58.5 Å². The van der Waals surface area contributed by atoms with E-state index >= 15 is 0 Å². The van der Waals surface area contributed by atoms with E-state index in [0.29, 0.717) is 11.6 Å². The second-order valence-corrected chi connectivity index (χ2v) is 7.99. The number of thioether (sulfide) groups is 1. The van der Waals surface area contributed by atoms with Gasteiger partial charge in [-0.2, -0.15) is 0 Å². The summed E-state index contributed by atoms with van der Waals surface area (Å²) in [5.74, 6) is 0.409. The molecule has 0 saturated heterocycles. The molecule has 1 aromatic carbocycles. The maximum Gasteiger partial charge on any atom is 0.321 e. The number of aromatic nitrogens is 3. The Bertz CT molecular complexity index is 909. The number of imide groups is 1. The van der Waals surface area contributed by atoms with Crippen molar-refractivity contribution in [1.29, 1.82) is 0 Å². The average Bonchev–Trinajstić information content (AvgIpc) is 3.32. The van der Waals surface area contributed by atoms with Gasteiger partial charge in [-0.1, -0.05) is 36.0 Å². The Morgan fingerprint density at radius 1 is 1.19 bits per heavy atom. The molecule has 0 bridgehead atoms. The molecule has 3 rings (SSSR count). The summed E-state index contributed by atoms with van der Waals surface area (Å²) in [6.45, 7) is 1.73. The van der Waals surface area contributed by atoms with E-state index < -0.39 is 11.3 Å². The van der Waals surface area contributed by atoms with Gasteiger partial charge in [0, 0.05) is 24.0 Å². The van der Waals surface area contributed by atoms with Crippen molar-refractivity contribution in [3.63, 3.8) is 0 Å². The van der Waals surface area contributed by atoms with Crippen molar-refractivity contribution in [1.82, 2.24) is 25.4 Å². The van der Waals surface area contributed by atoms with Crippen LogP contribution in [0.3, 0.4) is 0 Å². The van der Waals surface area contributed by atoms with Crippen LogP contribution < -0.4 is 10.6 Å². The van der Waals surface area contributed by atoms with Crippen LogP contribution in [0.25, 0.3) is 5.69 Å². The number of carbonyl (C=O) groups is 2. The first-order valence-corrected chi connectivity index (χ1v) is 10.1. The molecular formula is C18H19N5O2S2. The second-order valence-electron chi connectivity index (χ2n) is 5.65. The van der Waals surface area contributed by atoms with Gasteiger partial charge in [0.1, 0.15) is 5.82 Å². The summed E-state index contributed by atoms with van der Waals surface area (Å²) >= 11 is 2.92. The highest BCUT2D eigenvalue weighted by atomic mass is 32.2. The molecule has 0 aliphatic heterocycles. The third kappa shape index (κ3) is 4.75. The molecule has 1 atom stereocenters. The first-order valence-electron chi connectivity index (χ1n) is 8.30. The van der Waals surface area contributed by atoms with Crippen molar-refractivity contribution in [2.45, 2.75) is 23.8 Å². The van der Waals surface area contributed by atoms with Gasteiger partial charge in [0.2, 0.25) is 5.91 Å². The molecule has 140 valence electrons. The Morgan fingerprint density at radius 3 is 2.63 bits per heavy atom. The Labute approximate surface area is 165 Å². The number of hydrogen-bond acceptors (Lipinski definition) is 6. The molecule has 2 N–H and O–H groups in total. The van der Waals surface area contributed by atoms with Crippen LogP contribution in [0.15, 0.2) is 53.0 Å². The van der Waals surface area contributed by atoms with Gasteiger partial charge in [-0.25, -0.2) is 4.79 Å². The average molecular weight is 402 g/mol. The monoisotopic (exact) mass is 401 g/mol. The van der Waals surface area contributed by atoms with E-state index in [2.05, 4.69) is 26.9 Å². The van der Waals surface area contributed by atoms with Crippen LogP contribution in [-0.2, 0) is 11.2 Å². The van der Waals surface area contributed by atoms with Crippen LogP contribution in [0, 0.1) is 0 Å². The number of rotatable bonds is 6. The third-order valence-electron chi connectivity index (χ3n) is 3.74. The maximum atomic E-state index is 12.2. The summed E-state index contributed by atoms with van der Waals surface area (Å²) in [6, 6.07) is 13.3. The highest BCUT2D eigenvalue weighted by Crippen LogP contribution is 2.27. The van der Waals surface area contributed by atoms with Crippen molar-refractivity contribution in [2.24, 2.45) is 0 Å². The summed E-state index contributed by atoms with van der Waals surface area (Å²) in [5.41, 5.74) is 0.926. The molecule has 0 aliphatic carbocycles. The Morgan fingerprint density at radius 2 is 1.96 bits per heavy atom. The predicted molar refractivity (Wildman–Crippen MR) is 106 cm³/mol. The molecule has 9 heteroatoms. The van der Waals surface area contributed by atoms with Gasteiger partial charge in [0.15, 0.2) is 5.16 Å². The van der Waals surface area contributed by atoms with Gasteiger partial charge in [-0.3, -0.25) is 14.7 Å². The minimum absolute atomic E-state index is 0.387. The van der Waals surface area contributed by atoms with E-state index in [0.717, 1.165) is 11.5 Å². The first-order chi connectivity index (χ1) is 13.1. The SMILES string of the molecule is CNC(=O)NC(=O)C(C)Sc1nnc(Cc2cccs2)n1-c1ccccc1. The number of urea groups is 1. The Kier molecular flexibility index (Phi) is 6.25. The van der Waals surface area contributed by atoms with Crippen LogP contribution in [0.2, 0.25) is 0 Å². The molecular weight excluding hydrogens is 382 g/mol. The Balaban J connectivity index is 1.87. The molecule has 27 heavy (non-hydrogen) atoms. The number of benzene rings is 1. The van der Waals surface area contributed by atoms with Gasteiger partial charge in [0.05, 0.1) is 5.25 Å². The minimum Gasteiger partial charge on any atom is -0.341 e. The molecule has 0 saturated carbocycles. The van der Waals surface area contributed by atoms with Crippen LogP contribution in [0.5, 0.6) is 0 Å². The minimum atomic E-state index is -0.532. The van der Waals surface area contributed by atoms with Gasteiger partial charge in [0.25, 0.3) is 0 Å². The van der Waals surface area contributed by atoms with E-state index in [-0.39, 0.29) is 5.91 Å². The van der Waals surface area contributed by atoms with E-state index in [4.69, 9.17) is 0 Å². The third-order valence-corrected chi connectivity index (χ3v) is 5.66. The zero-order valence-corrected chi connectivity index (χ0v) is 16.5. The summed E-state index contributed by atoms with van der Waals surface area (Å²) in [6.07, 6.45) is 0.652. The second kappa shape index (κ2) is 8.83. The fourth-order valence-electron chi connectivity index (χ4n) is 2.38. The van der Waals surface area contributed by atoms with E-state index in [1.54, 1.807) is 18.3 Å². The van der Waals surface area contributed by atoms with Gasteiger partial charge in [-0.15, -0.1) is 21.5 Å². The number of thiophene rings is 1. The number of nitrogens with one attached hydrogen (secondary N) is 2. The van der Waals surface area contributed by atoms with Gasteiger partial charge in [-0.05, 0) is 30.5 Å². The molecule has 7 nitrogen and oxygen atoms in total. The molecule has 2 heterocycles. The molecule has 3 aromatic rings. The largest absolute Gasteiger partial charge is 0.341 e. The van der Waals surface area contributed by atoms with Crippen molar-refractivity contribution < 1.29 is 9.59 Å². The van der Waals surface area contributed by atoms with Crippen molar-refractivity contribution in [3.8, 4) is 5.69 Å². The predicted octanol–water partition coefficient (Wildman–Crippen LogP) is 2.86. The van der Waals surface area contributed by atoms with Crippen LogP contribution in [-0.4, -0.2) is 39.0 Å². The zero-order valence-electron chi connectivity index (χ0n) is 14.9. The molecule has 0 fully saturated rings. The number of para-hydroxylation sites is 1. The zero-order chi connectivity index (χ0) is 19.2. The molecule has 0 radical (unpaired) electrons. The van der Waals surface area contributed by atoms with Crippen molar-refractivity contribution >= 4 is 35.0 Å². The maximum absolute atomic E-state index is 12.2. The summed E-state index contributed by atoms with van der Waals surface area (Å²) in [4.78, 5) is 24.7. The van der Waals surface area contributed by atoms with Crippen LogP contribution in [0.4, 0.5) is 4.79 Å². The molecule has 2 aromatic heterocycles. The Hall–Kier alpha value is -2.65. The standard InChI is InChI=1S/C18H19N5O2S2/c1-12(16(24)20-17(25)19-2)27-18-22-21-15(11-14-9-6-10-26-14)23(18)13-7-4-3-5-8-13/h3-10,12H,11H2,1-2H3,(H2,19,20,24,25). The lowest BCUT2D eigenvalue weighted by atomic mass is 10.3. The molecule has 0 aliphatic rings. The summed E-state index contributed by atoms with van der Waals surface area (Å²) in [7, 11) is 1.46.